The second kappa shape index (κ2) is 5.55. The Morgan fingerprint density at radius 1 is 1.32 bits per heavy atom. The van der Waals surface area contributed by atoms with Gasteiger partial charge in [0.25, 0.3) is 5.91 Å². The Morgan fingerprint density at radius 3 is 2.55 bits per heavy atom. The number of amides is 1. The molecule has 22 heavy (non-hydrogen) atoms. The van der Waals surface area contributed by atoms with Crippen LogP contribution in [0.4, 0.5) is 4.39 Å². The highest BCUT2D eigenvalue weighted by Crippen LogP contribution is 2.32. The van der Waals surface area contributed by atoms with Crippen molar-refractivity contribution in [1.29, 1.82) is 0 Å². The molecule has 1 aliphatic rings. The second-order valence-corrected chi connectivity index (χ2v) is 6.03. The standard InChI is InChI=1S/C17H20FN3O/c1-10(13-4-5-13)19-17(22)16-11(2)20-21(12(16)3)15-8-6-14(18)7-9-15/h6-10,13H,4-5H2,1-3H3,(H,19,22)/t10-/m0/s1. The van der Waals surface area contributed by atoms with E-state index in [1.807, 2.05) is 20.8 Å². The maximum absolute atomic E-state index is 13.0. The fourth-order valence-electron chi connectivity index (χ4n) is 2.80. The lowest BCUT2D eigenvalue weighted by Gasteiger charge is -2.13. The minimum Gasteiger partial charge on any atom is -0.349 e. The predicted molar refractivity (Wildman–Crippen MR) is 82.6 cm³/mol. The topological polar surface area (TPSA) is 46.9 Å². The number of nitrogens with zero attached hydrogens (tertiary/aromatic N) is 2. The van der Waals surface area contributed by atoms with Crippen LogP contribution in [0.25, 0.3) is 5.69 Å². The molecule has 1 heterocycles. The molecule has 1 aromatic heterocycles. The molecule has 0 spiro atoms. The predicted octanol–water partition coefficient (Wildman–Crippen LogP) is 3.16. The van der Waals surface area contributed by atoms with E-state index < -0.39 is 0 Å². The van der Waals surface area contributed by atoms with Crippen LogP contribution in [0.2, 0.25) is 0 Å². The number of aryl methyl sites for hydroxylation is 1. The molecule has 5 heteroatoms. The first-order chi connectivity index (χ1) is 10.5. The van der Waals surface area contributed by atoms with E-state index in [1.54, 1.807) is 16.8 Å². The van der Waals surface area contributed by atoms with Gasteiger partial charge in [-0.15, -0.1) is 0 Å². The van der Waals surface area contributed by atoms with E-state index in [2.05, 4.69) is 10.4 Å². The average molecular weight is 301 g/mol. The van der Waals surface area contributed by atoms with Gasteiger partial charge in [-0.2, -0.15) is 5.10 Å². The lowest BCUT2D eigenvalue weighted by atomic mass is 10.1. The zero-order valence-corrected chi connectivity index (χ0v) is 13.1. The third kappa shape index (κ3) is 2.75. The molecule has 0 saturated heterocycles. The van der Waals surface area contributed by atoms with Crippen LogP contribution in [-0.2, 0) is 0 Å². The van der Waals surface area contributed by atoms with E-state index in [0.717, 1.165) is 11.4 Å². The van der Waals surface area contributed by atoms with Gasteiger partial charge in [-0.3, -0.25) is 4.79 Å². The Morgan fingerprint density at radius 2 is 1.95 bits per heavy atom. The Kier molecular flexibility index (Phi) is 3.72. The normalized spacial score (nSPS) is 15.6. The number of hydrogen-bond donors (Lipinski definition) is 1. The smallest absolute Gasteiger partial charge is 0.255 e. The van der Waals surface area contributed by atoms with E-state index in [4.69, 9.17) is 0 Å². The molecule has 1 amide bonds. The van der Waals surface area contributed by atoms with Gasteiger partial charge in [-0.25, -0.2) is 9.07 Å². The Balaban J connectivity index is 1.89. The van der Waals surface area contributed by atoms with Gasteiger partial charge in [0, 0.05) is 6.04 Å². The molecular weight excluding hydrogens is 281 g/mol. The molecule has 1 N–H and O–H groups in total. The van der Waals surface area contributed by atoms with Crippen molar-refractivity contribution in [1.82, 2.24) is 15.1 Å². The zero-order valence-electron chi connectivity index (χ0n) is 13.1. The van der Waals surface area contributed by atoms with Crippen molar-refractivity contribution in [3.05, 3.63) is 47.0 Å². The number of nitrogens with one attached hydrogen (secondary N) is 1. The Bertz CT molecular complexity index is 701. The number of carbonyl (C=O) groups is 1. The fourth-order valence-corrected chi connectivity index (χ4v) is 2.80. The monoisotopic (exact) mass is 301 g/mol. The first-order valence-electron chi connectivity index (χ1n) is 7.60. The number of aromatic nitrogens is 2. The molecule has 0 unspecified atom stereocenters. The average Bonchev–Trinajstić information content (AvgIpc) is 3.26. The van der Waals surface area contributed by atoms with Crippen molar-refractivity contribution in [3.8, 4) is 5.69 Å². The van der Waals surface area contributed by atoms with E-state index >= 15 is 0 Å². The van der Waals surface area contributed by atoms with E-state index in [9.17, 15) is 9.18 Å². The summed E-state index contributed by atoms with van der Waals surface area (Å²) in [5, 5.41) is 7.49. The fraction of sp³-hybridized carbons (Fsp3) is 0.412. The quantitative estimate of drug-likeness (QED) is 0.943. The van der Waals surface area contributed by atoms with E-state index in [1.165, 1.54) is 25.0 Å². The molecule has 3 rings (SSSR count). The van der Waals surface area contributed by atoms with Gasteiger partial charge in [0.1, 0.15) is 5.82 Å². The van der Waals surface area contributed by atoms with Crippen LogP contribution in [0.1, 0.15) is 41.5 Å². The second-order valence-electron chi connectivity index (χ2n) is 6.03. The molecule has 0 radical (unpaired) electrons. The van der Waals surface area contributed by atoms with Crippen LogP contribution >= 0.6 is 0 Å². The van der Waals surface area contributed by atoms with Gasteiger partial charge in [0.2, 0.25) is 0 Å². The maximum atomic E-state index is 13.0. The van der Waals surface area contributed by atoms with Gasteiger partial charge in [-0.1, -0.05) is 0 Å². The summed E-state index contributed by atoms with van der Waals surface area (Å²) in [5.41, 5.74) is 2.81. The molecule has 4 nitrogen and oxygen atoms in total. The summed E-state index contributed by atoms with van der Waals surface area (Å²) in [6.07, 6.45) is 2.38. The molecule has 1 fully saturated rings. The Labute approximate surface area is 129 Å². The molecular formula is C17H20FN3O. The van der Waals surface area contributed by atoms with Gasteiger partial charge < -0.3 is 5.32 Å². The van der Waals surface area contributed by atoms with Gasteiger partial charge in [-0.05, 0) is 63.8 Å². The van der Waals surface area contributed by atoms with E-state index in [-0.39, 0.29) is 17.8 Å². The molecule has 2 aromatic rings. The molecule has 1 aliphatic carbocycles. The van der Waals surface area contributed by atoms with Crippen LogP contribution in [0.3, 0.4) is 0 Å². The summed E-state index contributed by atoms with van der Waals surface area (Å²) < 4.78 is 14.7. The summed E-state index contributed by atoms with van der Waals surface area (Å²) in [4.78, 5) is 12.5. The van der Waals surface area contributed by atoms with Gasteiger partial charge in [0.05, 0.1) is 22.6 Å². The van der Waals surface area contributed by atoms with Gasteiger partial charge in [0.15, 0.2) is 0 Å². The van der Waals surface area contributed by atoms with Crippen molar-refractivity contribution in [2.45, 2.75) is 39.7 Å². The first-order valence-corrected chi connectivity index (χ1v) is 7.60. The number of halogens is 1. The third-order valence-corrected chi connectivity index (χ3v) is 4.28. The largest absolute Gasteiger partial charge is 0.349 e. The van der Waals surface area contributed by atoms with Crippen molar-refractivity contribution >= 4 is 5.91 Å². The van der Waals surface area contributed by atoms with Gasteiger partial charge >= 0.3 is 0 Å². The van der Waals surface area contributed by atoms with Crippen LogP contribution < -0.4 is 5.32 Å². The highest BCUT2D eigenvalue weighted by molar-refractivity contribution is 5.96. The minimum absolute atomic E-state index is 0.0808. The van der Waals surface area contributed by atoms with Crippen molar-refractivity contribution < 1.29 is 9.18 Å². The Hall–Kier alpha value is -2.17. The summed E-state index contributed by atoms with van der Waals surface area (Å²) in [5.74, 6) is 0.237. The summed E-state index contributed by atoms with van der Waals surface area (Å²) in [6.45, 7) is 5.73. The SMILES string of the molecule is Cc1nn(-c2ccc(F)cc2)c(C)c1C(=O)N[C@@H](C)C1CC1. The lowest BCUT2D eigenvalue weighted by molar-refractivity contribution is 0.0934. The summed E-state index contributed by atoms with van der Waals surface area (Å²) in [7, 11) is 0. The zero-order chi connectivity index (χ0) is 15.9. The van der Waals surface area contributed by atoms with Crippen molar-refractivity contribution in [3.63, 3.8) is 0 Å². The number of rotatable bonds is 4. The highest BCUT2D eigenvalue weighted by Gasteiger charge is 2.30. The van der Waals surface area contributed by atoms with Crippen molar-refractivity contribution in [2.75, 3.05) is 0 Å². The third-order valence-electron chi connectivity index (χ3n) is 4.28. The molecule has 0 aliphatic heterocycles. The molecule has 0 bridgehead atoms. The van der Waals surface area contributed by atoms with Crippen LogP contribution in [-0.4, -0.2) is 21.7 Å². The maximum Gasteiger partial charge on any atom is 0.255 e. The molecule has 1 atom stereocenters. The first kappa shape index (κ1) is 14.8. The molecule has 1 saturated carbocycles. The highest BCUT2D eigenvalue weighted by atomic mass is 19.1. The van der Waals surface area contributed by atoms with Crippen LogP contribution in [0.5, 0.6) is 0 Å². The van der Waals surface area contributed by atoms with Crippen LogP contribution in [0, 0.1) is 25.6 Å². The van der Waals surface area contributed by atoms with E-state index in [0.29, 0.717) is 17.2 Å². The molecule has 1 aromatic carbocycles. The summed E-state index contributed by atoms with van der Waals surface area (Å²) >= 11 is 0. The van der Waals surface area contributed by atoms with Crippen LogP contribution in [0.15, 0.2) is 24.3 Å². The molecule has 116 valence electrons. The number of carbonyl (C=O) groups excluding carboxylic acids is 1. The van der Waals surface area contributed by atoms with Crippen molar-refractivity contribution in [2.24, 2.45) is 5.92 Å². The minimum atomic E-state index is -0.290. The number of hydrogen-bond acceptors (Lipinski definition) is 2. The lowest BCUT2D eigenvalue weighted by Crippen LogP contribution is -2.34. The summed E-state index contributed by atoms with van der Waals surface area (Å²) in [6, 6.07) is 6.29. The number of benzene rings is 1.